The Bertz CT molecular complexity index is 964. The summed E-state index contributed by atoms with van der Waals surface area (Å²) < 4.78 is 54.0. The molecule has 2 aromatic rings. The Kier molecular flexibility index (Phi) is 5.88. The number of rotatable bonds is 6. The summed E-state index contributed by atoms with van der Waals surface area (Å²) in [6.07, 6.45) is 1.72. The second-order valence-electron chi connectivity index (χ2n) is 6.96. The number of nitrogens with zero attached hydrogens (tertiary/aromatic N) is 1. The molecule has 1 aliphatic heterocycles. The molecule has 3 rings (SSSR count). The van der Waals surface area contributed by atoms with Gasteiger partial charge in [0.25, 0.3) is 0 Å². The van der Waals surface area contributed by atoms with Crippen LogP contribution in [0.5, 0.6) is 0 Å². The molecule has 0 radical (unpaired) electrons. The van der Waals surface area contributed by atoms with Gasteiger partial charge in [0.2, 0.25) is 20.0 Å². The average Bonchev–Trinajstić information content (AvgIpc) is 2.62. The maximum Gasteiger partial charge on any atom is 0.243 e. The minimum absolute atomic E-state index is 0.139. The lowest BCUT2D eigenvalue weighted by Gasteiger charge is -2.29. The van der Waals surface area contributed by atoms with E-state index in [2.05, 4.69) is 11.6 Å². The van der Waals surface area contributed by atoms with Crippen LogP contribution in [0.1, 0.15) is 25.3 Å². The molecule has 0 atom stereocenters. The van der Waals surface area contributed by atoms with Gasteiger partial charge in [0, 0.05) is 18.8 Å². The van der Waals surface area contributed by atoms with Crippen LogP contribution in [0.2, 0.25) is 0 Å². The first kappa shape index (κ1) is 19.9. The lowest BCUT2D eigenvalue weighted by atomic mass is 10.0. The molecule has 0 aliphatic carbocycles. The van der Waals surface area contributed by atoms with Crippen LogP contribution in [-0.2, 0) is 25.8 Å². The normalized spacial score (nSPS) is 16.9. The van der Waals surface area contributed by atoms with Crippen molar-refractivity contribution >= 4 is 25.7 Å². The monoisotopic (exact) mass is 408 g/mol. The molecule has 8 heteroatoms. The van der Waals surface area contributed by atoms with E-state index in [0.717, 1.165) is 12.8 Å². The van der Waals surface area contributed by atoms with Gasteiger partial charge in [-0.25, -0.2) is 16.8 Å². The number of anilines is 1. The van der Waals surface area contributed by atoms with Crippen molar-refractivity contribution in [3.63, 3.8) is 0 Å². The van der Waals surface area contributed by atoms with Crippen molar-refractivity contribution in [1.29, 1.82) is 0 Å². The largest absolute Gasteiger partial charge is 0.283 e. The molecule has 6 nitrogen and oxygen atoms in total. The molecule has 27 heavy (non-hydrogen) atoms. The highest BCUT2D eigenvalue weighted by Crippen LogP contribution is 2.24. The first-order valence-electron chi connectivity index (χ1n) is 8.91. The van der Waals surface area contributed by atoms with E-state index >= 15 is 0 Å². The number of piperidine rings is 1. The fourth-order valence-corrected chi connectivity index (χ4v) is 5.75. The van der Waals surface area contributed by atoms with Gasteiger partial charge in [0.05, 0.1) is 10.6 Å². The van der Waals surface area contributed by atoms with E-state index in [9.17, 15) is 16.8 Å². The number of benzene rings is 2. The third kappa shape index (κ3) is 5.09. The zero-order valence-corrected chi connectivity index (χ0v) is 16.8. The fraction of sp³-hybridized carbons (Fsp3) is 0.368. The Balaban J connectivity index is 1.70. The van der Waals surface area contributed by atoms with E-state index in [1.54, 1.807) is 24.3 Å². The molecule has 1 N–H and O–H groups in total. The molecule has 0 bridgehead atoms. The molecule has 2 aromatic carbocycles. The van der Waals surface area contributed by atoms with Crippen molar-refractivity contribution in [2.24, 2.45) is 5.92 Å². The molecule has 0 saturated carbocycles. The number of hydrogen-bond acceptors (Lipinski definition) is 4. The molecule has 0 aromatic heterocycles. The van der Waals surface area contributed by atoms with E-state index in [1.807, 2.05) is 6.07 Å². The Morgan fingerprint density at radius 2 is 1.52 bits per heavy atom. The molecule has 0 unspecified atom stereocenters. The molecule has 1 fully saturated rings. The lowest BCUT2D eigenvalue weighted by molar-refractivity contribution is 0.288. The van der Waals surface area contributed by atoms with Crippen LogP contribution in [-0.4, -0.2) is 34.2 Å². The summed E-state index contributed by atoms with van der Waals surface area (Å²) in [5, 5.41) is 0. The molecule has 146 valence electrons. The summed E-state index contributed by atoms with van der Waals surface area (Å²) >= 11 is 0. The summed E-state index contributed by atoms with van der Waals surface area (Å²) in [6.45, 7) is 3.17. The van der Waals surface area contributed by atoms with Crippen molar-refractivity contribution in [2.45, 2.75) is 30.4 Å². The number of hydrogen-bond donors (Lipinski definition) is 1. The third-order valence-electron chi connectivity index (χ3n) is 4.71. The summed E-state index contributed by atoms with van der Waals surface area (Å²) in [4.78, 5) is 0.183. The molecular weight excluding hydrogens is 384 g/mol. The zero-order chi connectivity index (χ0) is 19.5. The van der Waals surface area contributed by atoms with Gasteiger partial charge < -0.3 is 0 Å². The second-order valence-corrected chi connectivity index (χ2v) is 10.6. The molecule has 0 spiro atoms. The highest BCUT2D eigenvalue weighted by Gasteiger charge is 2.28. The predicted molar refractivity (Wildman–Crippen MR) is 106 cm³/mol. The van der Waals surface area contributed by atoms with Gasteiger partial charge in [-0.15, -0.1) is 0 Å². The van der Waals surface area contributed by atoms with E-state index in [0.29, 0.717) is 30.3 Å². The Morgan fingerprint density at radius 1 is 0.926 bits per heavy atom. The SMILES string of the molecule is CC1CCN(S(=O)(=O)c2ccc(NS(=O)(=O)Cc3ccccc3)cc2)CC1. The fourth-order valence-electron chi connectivity index (χ4n) is 3.08. The average molecular weight is 409 g/mol. The maximum absolute atomic E-state index is 12.7. The predicted octanol–water partition coefficient (Wildman–Crippen LogP) is 3.05. The van der Waals surface area contributed by atoms with Crippen LogP contribution in [0.15, 0.2) is 59.5 Å². The van der Waals surface area contributed by atoms with Crippen LogP contribution in [0.25, 0.3) is 0 Å². The van der Waals surface area contributed by atoms with Gasteiger partial charge in [-0.1, -0.05) is 37.3 Å². The molecular formula is C19H24N2O4S2. The van der Waals surface area contributed by atoms with Crippen LogP contribution >= 0.6 is 0 Å². The van der Waals surface area contributed by atoms with Crippen LogP contribution in [0.3, 0.4) is 0 Å². The quantitative estimate of drug-likeness (QED) is 0.796. The molecule has 1 aliphatic rings. The molecule has 1 heterocycles. The minimum Gasteiger partial charge on any atom is -0.283 e. The smallest absolute Gasteiger partial charge is 0.243 e. The van der Waals surface area contributed by atoms with Crippen molar-refractivity contribution < 1.29 is 16.8 Å². The zero-order valence-electron chi connectivity index (χ0n) is 15.2. The van der Waals surface area contributed by atoms with Crippen LogP contribution in [0.4, 0.5) is 5.69 Å². The van der Waals surface area contributed by atoms with Crippen molar-refractivity contribution in [3.05, 3.63) is 60.2 Å². The van der Waals surface area contributed by atoms with Crippen molar-refractivity contribution in [3.8, 4) is 0 Å². The van der Waals surface area contributed by atoms with E-state index < -0.39 is 20.0 Å². The lowest BCUT2D eigenvalue weighted by Crippen LogP contribution is -2.37. The second kappa shape index (κ2) is 8.00. The first-order chi connectivity index (χ1) is 12.8. The summed E-state index contributed by atoms with van der Waals surface area (Å²) in [7, 11) is -7.11. The maximum atomic E-state index is 12.7. The van der Waals surface area contributed by atoms with Crippen molar-refractivity contribution in [1.82, 2.24) is 4.31 Å². The topological polar surface area (TPSA) is 83.6 Å². The van der Waals surface area contributed by atoms with Gasteiger partial charge in [-0.3, -0.25) is 4.72 Å². The van der Waals surface area contributed by atoms with Gasteiger partial charge in [0.15, 0.2) is 0 Å². The van der Waals surface area contributed by atoms with Crippen LogP contribution in [0, 0.1) is 5.92 Å². The van der Waals surface area contributed by atoms with Crippen molar-refractivity contribution in [2.75, 3.05) is 17.8 Å². The first-order valence-corrected chi connectivity index (χ1v) is 12.0. The van der Waals surface area contributed by atoms with Gasteiger partial charge >= 0.3 is 0 Å². The van der Waals surface area contributed by atoms with Gasteiger partial charge in [0.1, 0.15) is 0 Å². The number of nitrogens with one attached hydrogen (secondary N) is 1. The van der Waals surface area contributed by atoms with E-state index in [1.165, 1.54) is 28.6 Å². The van der Waals surface area contributed by atoms with Gasteiger partial charge in [-0.05, 0) is 48.6 Å². The minimum atomic E-state index is -3.57. The van der Waals surface area contributed by atoms with E-state index in [4.69, 9.17) is 0 Å². The Morgan fingerprint density at radius 3 is 2.11 bits per heavy atom. The highest BCUT2D eigenvalue weighted by atomic mass is 32.2. The van der Waals surface area contributed by atoms with Crippen LogP contribution < -0.4 is 4.72 Å². The van der Waals surface area contributed by atoms with E-state index in [-0.39, 0.29) is 10.6 Å². The summed E-state index contributed by atoms with van der Waals surface area (Å²) in [5.74, 6) is 0.401. The molecule has 0 amide bonds. The Labute approximate surface area is 161 Å². The third-order valence-corrected chi connectivity index (χ3v) is 7.88. The standard InChI is InChI=1S/C19H24N2O4S2/c1-16-11-13-21(14-12-16)27(24,25)19-9-7-18(8-10-19)20-26(22,23)15-17-5-3-2-4-6-17/h2-10,16,20H,11-15H2,1H3. The summed E-state index contributed by atoms with van der Waals surface area (Å²) in [6, 6.07) is 14.8. The molecule has 1 saturated heterocycles. The highest BCUT2D eigenvalue weighted by molar-refractivity contribution is 7.92. The Hall–Kier alpha value is -1.90. The van der Waals surface area contributed by atoms with Gasteiger partial charge in [-0.2, -0.15) is 4.31 Å². The number of sulfonamides is 2. The summed E-state index contributed by atoms with van der Waals surface area (Å²) in [5.41, 5.74) is 1.03.